The maximum Gasteiger partial charge on any atom is 0.256 e. The van der Waals surface area contributed by atoms with Crippen molar-refractivity contribution >= 4 is 32.3 Å². The molecule has 0 radical (unpaired) electrons. The number of carbonyl (C=O) groups excluding carboxylic acids is 1. The number of anilines is 1. The molecule has 0 saturated carbocycles. The first-order valence-electron chi connectivity index (χ1n) is 10.5. The monoisotopic (exact) mass is 429 g/mol. The summed E-state index contributed by atoms with van der Waals surface area (Å²) in [5.41, 5.74) is 1.97. The fraction of sp³-hybridized carbons (Fsp3) is 0.200. The Morgan fingerprint density at radius 1 is 1.00 bits per heavy atom. The van der Waals surface area contributed by atoms with E-state index in [-0.39, 0.29) is 17.4 Å². The molecule has 2 N–H and O–H groups in total. The number of ketones is 1. The maximum atomic E-state index is 13.6. The van der Waals surface area contributed by atoms with E-state index in [1.807, 2.05) is 60.7 Å². The topological polar surface area (TPSA) is 63.1 Å². The van der Waals surface area contributed by atoms with Gasteiger partial charge in [-0.25, -0.2) is 0 Å². The van der Waals surface area contributed by atoms with Crippen LogP contribution >= 0.6 is 11.3 Å². The number of hydrogen-bond donors (Lipinski definition) is 2. The number of pyridine rings is 1. The van der Waals surface area contributed by atoms with E-state index >= 15 is 0 Å². The largest absolute Gasteiger partial charge is 0.372 e. The second-order valence-electron chi connectivity index (χ2n) is 7.75. The van der Waals surface area contributed by atoms with Gasteiger partial charge < -0.3 is 10.6 Å². The summed E-state index contributed by atoms with van der Waals surface area (Å²) >= 11 is 1.48. The summed E-state index contributed by atoms with van der Waals surface area (Å²) in [6.07, 6.45) is 2.14. The fourth-order valence-electron chi connectivity index (χ4n) is 4.12. The summed E-state index contributed by atoms with van der Waals surface area (Å²) < 4.78 is 1.70. The van der Waals surface area contributed by atoms with Crippen LogP contribution in [0.2, 0.25) is 0 Å². The van der Waals surface area contributed by atoms with Gasteiger partial charge in [-0.1, -0.05) is 59.9 Å². The highest BCUT2D eigenvalue weighted by molar-refractivity contribution is 7.23. The molecule has 1 fully saturated rings. The van der Waals surface area contributed by atoms with Crippen molar-refractivity contribution < 1.29 is 4.79 Å². The van der Waals surface area contributed by atoms with Gasteiger partial charge in [-0.15, -0.1) is 0 Å². The number of aromatic nitrogens is 1. The van der Waals surface area contributed by atoms with Crippen molar-refractivity contribution in [3.8, 4) is 5.69 Å². The molecule has 0 aliphatic carbocycles. The first-order valence-corrected chi connectivity index (χ1v) is 11.3. The van der Waals surface area contributed by atoms with Crippen LogP contribution in [0.15, 0.2) is 77.6 Å². The summed E-state index contributed by atoms with van der Waals surface area (Å²) in [7, 11) is 0. The molecule has 5 rings (SSSR count). The summed E-state index contributed by atoms with van der Waals surface area (Å²) in [5.74, 6) is -0.0311. The third-order valence-corrected chi connectivity index (χ3v) is 6.77. The van der Waals surface area contributed by atoms with Gasteiger partial charge in [0.25, 0.3) is 5.56 Å². The molecule has 0 amide bonds. The number of para-hydroxylation sites is 1. The maximum absolute atomic E-state index is 13.6. The van der Waals surface area contributed by atoms with Crippen LogP contribution in [0.25, 0.3) is 15.9 Å². The molecule has 2 aromatic carbocycles. The van der Waals surface area contributed by atoms with Crippen LogP contribution in [-0.4, -0.2) is 29.5 Å². The van der Waals surface area contributed by atoms with E-state index in [9.17, 15) is 9.59 Å². The Hall–Kier alpha value is -3.22. The molecule has 0 spiro atoms. The van der Waals surface area contributed by atoms with Crippen LogP contribution in [0.4, 0.5) is 5.00 Å². The van der Waals surface area contributed by atoms with Gasteiger partial charge >= 0.3 is 0 Å². The molecule has 1 aliphatic heterocycles. The molecule has 6 heteroatoms. The number of rotatable bonds is 5. The highest BCUT2D eigenvalue weighted by Crippen LogP contribution is 2.38. The predicted molar refractivity (Wildman–Crippen MR) is 127 cm³/mol. The first-order chi connectivity index (χ1) is 15.2. The lowest BCUT2D eigenvalue weighted by molar-refractivity contribution is 0.104. The van der Waals surface area contributed by atoms with Crippen LogP contribution in [0.5, 0.6) is 0 Å². The van der Waals surface area contributed by atoms with E-state index in [4.69, 9.17) is 0 Å². The number of fused-ring (bicyclic) bond motifs is 1. The summed E-state index contributed by atoms with van der Waals surface area (Å²) in [6, 6.07) is 22.5. The molecule has 31 heavy (non-hydrogen) atoms. The predicted octanol–water partition coefficient (Wildman–Crippen LogP) is 4.45. The van der Waals surface area contributed by atoms with Crippen molar-refractivity contribution in [3.05, 3.63) is 94.3 Å². The van der Waals surface area contributed by atoms with Crippen molar-refractivity contribution in [2.24, 2.45) is 0 Å². The molecule has 1 aliphatic rings. The average molecular weight is 430 g/mol. The number of benzene rings is 2. The van der Waals surface area contributed by atoms with E-state index in [1.165, 1.54) is 11.3 Å². The van der Waals surface area contributed by atoms with Crippen LogP contribution in [0.3, 0.4) is 0 Å². The zero-order valence-electron chi connectivity index (χ0n) is 17.0. The Morgan fingerprint density at radius 2 is 1.74 bits per heavy atom. The van der Waals surface area contributed by atoms with Crippen molar-refractivity contribution in [3.63, 3.8) is 0 Å². The zero-order chi connectivity index (χ0) is 21.2. The second kappa shape index (κ2) is 8.49. The summed E-state index contributed by atoms with van der Waals surface area (Å²) in [5, 5.41) is 8.65. The van der Waals surface area contributed by atoms with Gasteiger partial charge in [-0.3, -0.25) is 14.2 Å². The molecule has 4 aromatic rings. The number of nitrogens with one attached hydrogen (secondary N) is 2. The Bertz CT molecular complexity index is 1270. The minimum absolute atomic E-state index is 0.0311. The van der Waals surface area contributed by atoms with E-state index < -0.39 is 0 Å². The molecule has 0 bridgehead atoms. The lowest BCUT2D eigenvalue weighted by atomic mass is 10.0. The normalized spacial score (nSPS) is 16.3. The highest BCUT2D eigenvalue weighted by atomic mass is 32.1. The average Bonchev–Trinajstić information content (AvgIpc) is 3.18. The molecule has 0 unspecified atom stereocenters. The minimum atomic E-state index is -0.107. The number of piperidine rings is 1. The van der Waals surface area contributed by atoms with Gasteiger partial charge in [-0.05, 0) is 37.6 Å². The SMILES string of the molecule is O=C(c1ccccc1)c1c(N[C@@H]2CCCNC2)sc2c1ccc(=O)n2-c1ccccc1. The van der Waals surface area contributed by atoms with Crippen LogP contribution < -0.4 is 16.2 Å². The van der Waals surface area contributed by atoms with Crippen LogP contribution in [0, 0.1) is 0 Å². The number of hydrogen-bond acceptors (Lipinski definition) is 5. The quantitative estimate of drug-likeness (QED) is 0.460. The van der Waals surface area contributed by atoms with Crippen molar-refractivity contribution in [1.82, 2.24) is 9.88 Å². The van der Waals surface area contributed by atoms with E-state index in [0.717, 1.165) is 46.8 Å². The van der Waals surface area contributed by atoms with Gasteiger partial charge in [-0.2, -0.15) is 0 Å². The minimum Gasteiger partial charge on any atom is -0.372 e. The lowest BCUT2D eigenvalue weighted by Crippen LogP contribution is -2.38. The fourth-order valence-corrected chi connectivity index (χ4v) is 5.42. The molecule has 156 valence electrons. The zero-order valence-corrected chi connectivity index (χ0v) is 17.8. The lowest BCUT2D eigenvalue weighted by Gasteiger charge is -2.24. The van der Waals surface area contributed by atoms with E-state index in [0.29, 0.717) is 11.1 Å². The van der Waals surface area contributed by atoms with Crippen LogP contribution in [0.1, 0.15) is 28.8 Å². The third-order valence-electron chi connectivity index (χ3n) is 5.65. The Morgan fingerprint density at radius 3 is 2.45 bits per heavy atom. The Kier molecular flexibility index (Phi) is 5.40. The van der Waals surface area contributed by atoms with Gasteiger partial charge in [0.15, 0.2) is 5.78 Å². The Labute approximate surface area is 184 Å². The van der Waals surface area contributed by atoms with Crippen molar-refractivity contribution in [2.45, 2.75) is 18.9 Å². The van der Waals surface area contributed by atoms with Gasteiger partial charge in [0, 0.05) is 29.6 Å². The molecular weight excluding hydrogens is 406 g/mol. The smallest absolute Gasteiger partial charge is 0.256 e. The summed E-state index contributed by atoms with van der Waals surface area (Å²) in [4.78, 5) is 27.2. The highest BCUT2D eigenvalue weighted by Gasteiger charge is 2.25. The van der Waals surface area contributed by atoms with E-state index in [2.05, 4.69) is 10.6 Å². The van der Waals surface area contributed by atoms with Gasteiger partial charge in [0.1, 0.15) is 9.83 Å². The molecular formula is C25H23N3O2S. The molecule has 1 atom stereocenters. The van der Waals surface area contributed by atoms with Gasteiger partial charge in [0.05, 0.1) is 11.3 Å². The number of nitrogens with zero attached hydrogens (tertiary/aromatic N) is 1. The third kappa shape index (κ3) is 3.80. The van der Waals surface area contributed by atoms with E-state index in [1.54, 1.807) is 16.7 Å². The van der Waals surface area contributed by atoms with Gasteiger partial charge in [0.2, 0.25) is 0 Å². The number of carbonyl (C=O) groups is 1. The first kappa shape index (κ1) is 19.7. The van der Waals surface area contributed by atoms with Crippen molar-refractivity contribution in [1.29, 1.82) is 0 Å². The molecule has 5 nitrogen and oxygen atoms in total. The van der Waals surface area contributed by atoms with Crippen molar-refractivity contribution in [2.75, 3.05) is 18.4 Å². The molecule has 2 aromatic heterocycles. The standard InChI is InChI=1S/C25H23N3O2S/c29-21-14-13-20-22(23(30)17-8-3-1-4-9-17)24(27-18-10-7-15-26-16-18)31-25(20)28(21)19-11-5-2-6-12-19/h1-6,8-9,11-14,18,26-27H,7,10,15-16H2/t18-/m1/s1. The van der Waals surface area contributed by atoms with Crippen LogP contribution in [-0.2, 0) is 0 Å². The Balaban J connectivity index is 1.71. The number of thiophene rings is 1. The molecule has 3 heterocycles. The second-order valence-corrected chi connectivity index (χ2v) is 8.75. The molecule has 1 saturated heterocycles. The summed E-state index contributed by atoms with van der Waals surface area (Å²) in [6.45, 7) is 1.88.